The molecule has 1 amide bonds. The van der Waals surface area contributed by atoms with Crippen LogP contribution in [0.25, 0.3) is 16.4 Å². The number of ether oxygens (including phenoxy) is 1. The third-order valence-corrected chi connectivity index (χ3v) is 6.43. The van der Waals surface area contributed by atoms with Crippen LogP contribution in [0.1, 0.15) is 22.0 Å². The van der Waals surface area contributed by atoms with E-state index in [1.165, 1.54) is 5.39 Å². The first-order chi connectivity index (χ1) is 17.2. The molecule has 35 heavy (non-hydrogen) atoms. The van der Waals surface area contributed by atoms with Gasteiger partial charge >= 0.3 is 0 Å². The second-order valence-electron chi connectivity index (χ2n) is 8.83. The Balaban J connectivity index is 1.02. The largest absolute Gasteiger partial charge is 0.486 e. The Bertz CT molecular complexity index is 1450. The zero-order valence-corrected chi connectivity index (χ0v) is 19.3. The van der Waals surface area contributed by atoms with E-state index in [-0.39, 0.29) is 12.5 Å². The monoisotopic (exact) mass is 466 g/mol. The number of pyridine rings is 1. The zero-order chi connectivity index (χ0) is 23.6. The molecule has 0 saturated carbocycles. The molecule has 7 nitrogen and oxygen atoms in total. The number of carbonyl (C=O) groups is 1. The average Bonchev–Trinajstić information content (AvgIpc) is 3.54. The van der Waals surface area contributed by atoms with Crippen LogP contribution in [0.2, 0.25) is 0 Å². The lowest BCUT2D eigenvalue weighted by Crippen LogP contribution is -2.48. The van der Waals surface area contributed by atoms with Crippen LogP contribution >= 0.6 is 0 Å². The van der Waals surface area contributed by atoms with Gasteiger partial charge in [0.1, 0.15) is 23.8 Å². The maximum Gasteiger partial charge on any atom is 0.289 e. The van der Waals surface area contributed by atoms with Gasteiger partial charge in [0.15, 0.2) is 5.76 Å². The minimum atomic E-state index is -0.0747. The molecule has 5 aromatic rings. The summed E-state index contributed by atoms with van der Waals surface area (Å²) in [4.78, 5) is 21.8. The van der Waals surface area contributed by atoms with Crippen molar-refractivity contribution in [3.8, 4) is 5.75 Å². The maximum absolute atomic E-state index is 13.0. The van der Waals surface area contributed by atoms with Gasteiger partial charge in [-0.05, 0) is 47.2 Å². The van der Waals surface area contributed by atoms with Crippen molar-refractivity contribution in [2.24, 2.45) is 0 Å². The molecule has 0 radical (unpaired) electrons. The number of hydrogen-bond donors (Lipinski definition) is 0. The number of hydrogen-bond acceptors (Lipinski definition) is 5. The molecule has 7 heteroatoms. The number of imidazole rings is 1. The molecule has 3 aromatic heterocycles. The highest BCUT2D eigenvalue weighted by atomic mass is 16.5. The van der Waals surface area contributed by atoms with E-state index in [9.17, 15) is 4.79 Å². The number of carbonyl (C=O) groups excluding carboxylic acids is 1. The molecule has 4 heterocycles. The smallest absolute Gasteiger partial charge is 0.289 e. The summed E-state index contributed by atoms with van der Waals surface area (Å²) < 4.78 is 13.8. The SMILES string of the molecule is O=C(c1ccc(COc2ccc3ccccc3c2)o1)N1CCN(Cc2cn3ccccc3n2)CC1. The highest BCUT2D eigenvalue weighted by Crippen LogP contribution is 2.22. The molecule has 6 rings (SSSR count). The number of piperazine rings is 1. The van der Waals surface area contributed by atoms with Gasteiger partial charge in [-0.25, -0.2) is 4.98 Å². The van der Waals surface area contributed by atoms with Gasteiger partial charge in [-0.15, -0.1) is 0 Å². The molecule has 1 aliphatic heterocycles. The molecule has 2 aromatic carbocycles. The topological polar surface area (TPSA) is 63.2 Å². The Kier molecular flexibility index (Phi) is 5.68. The summed E-state index contributed by atoms with van der Waals surface area (Å²) in [7, 11) is 0. The van der Waals surface area contributed by atoms with E-state index in [0.29, 0.717) is 24.6 Å². The summed E-state index contributed by atoms with van der Waals surface area (Å²) in [5.74, 6) is 1.69. The van der Waals surface area contributed by atoms with Crippen LogP contribution in [0.15, 0.2) is 89.6 Å². The first-order valence-electron chi connectivity index (χ1n) is 11.9. The lowest BCUT2D eigenvalue weighted by atomic mass is 10.1. The lowest BCUT2D eigenvalue weighted by molar-refractivity contribution is 0.0593. The Morgan fingerprint density at radius 2 is 1.74 bits per heavy atom. The van der Waals surface area contributed by atoms with Gasteiger partial charge < -0.3 is 18.5 Å². The second kappa shape index (κ2) is 9.27. The summed E-state index contributed by atoms with van der Waals surface area (Å²) in [6, 6.07) is 23.7. The Morgan fingerprint density at radius 3 is 2.60 bits per heavy atom. The number of amides is 1. The predicted molar refractivity (Wildman–Crippen MR) is 133 cm³/mol. The van der Waals surface area contributed by atoms with E-state index in [4.69, 9.17) is 9.15 Å². The molecule has 0 aliphatic carbocycles. The number of benzene rings is 2. The van der Waals surface area contributed by atoms with Gasteiger partial charge in [-0.2, -0.15) is 0 Å². The Morgan fingerprint density at radius 1 is 0.914 bits per heavy atom. The average molecular weight is 467 g/mol. The van der Waals surface area contributed by atoms with Crippen molar-refractivity contribution >= 4 is 22.3 Å². The third kappa shape index (κ3) is 4.63. The molecule has 0 N–H and O–H groups in total. The Hall–Kier alpha value is -4.10. The number of rotatable bonds is 6. The second-order valence-corrected chi connectivity index (χ2v) is 8.83. The van der Waals surface area contributed by atoms with Crippen molar-refractivity contribution in [3.05, 3.63) is 102 Å². The van der Waals surface area contributed by atoms with Gasteiger partial charge in [-0.3, -0.25) is 9.69 Å². The van der Waals surface area contributed by atoms with E-state index < -0.39 is 0 Å². The van der Waals surface area contributed by atoms with Gasteiger partial charge in [0.2, 0.25) is 0 Å². The van der Waals surface area contributed by atoms with Crippen molar-refractivity contribution in [2.45, 2.75) is 13.2 Å². The molecular formula is C28H26N4O3. The lowest BCUT2D eigenvalue weighted by Gasteiger charge is -2.33. The standard InChI is InChI=1S/C28H26N4O3/c33-28(31-15-13-30(14-16-31)18-23-19-32-12-4-3-7-27(32)29-23)26-11-10-25(35-26)20-34-24-9-8-21-5-1-2-6-22(21)17-24/h1-12,17,19H,13-16,18,20H2. The molecule has 0 spiro atoms. The molecule has 0 bridgehead atoms. The summed E-state index contributed by atoms with van der Waals surface area (Å²) in [5.41, 5.74) is 1.99. The minimum Gasteiger partial charge on any atom is -0.486 e. The molecule has 0 unspecified atom stereocenters. The summed E-state index contributed by atoms with van der Waals surface area (Å²) >= 11 is 0. The molecule has 1 fully saturated rings. The quantitative estimate of drug-likeness (QED) is 0.366. The van der Waals surface area contributed by atoms with Crippen molar-refractivity contribution in [1.82, 2.24) is 19.2 Å². The molecule has 0 atom stereocenters. The molecule has 1 saturated heterocycles. The fraction of sp³-hybridized carbons (Fsp3) is 0.214. The number of furan rings is 1. The fourth-order valence-corrected chi connectivity index (χ4v) is 4.54. The fourth-order valence-electron chi connectivity index (χ4n) is 4.54. The van der Waals surface area contributed by atoms with Gasteiger partial charge in [0.25, 0.3) is 5.91 Å². The van der Waals surface area contributed by atoms with Crippen LogP contribution in [-0.2, 0) is 13.2 Å². The summed E-state index contributed by atoms with van der Waals surface area (Å²) in [6.45, 7) is 3.99. The van der Waals surface area contributed by atoms with Gasteiger partial charge in [0.05, 0.1) is 5.69 Å². The molecular weight excluding hydrogens is 440 g/mol. The summed E-state index contributed by atoms with van der Waals surface area (Å²) in [5, 5.41) is 2.30. The number of aromatic nitrogens is 2. The van der Waals surface area contributed by atoms with Crippen molar-refractivity contribution in [3.63, 3.8) is 0 Å². The van der Waals surface area contributed by atoms with Crippen molar-refractivity contribution in [2.75, 3.05) is 26.2 Å². The maximum atomic E-state index is 13.0. The van der Waals surface area contributed by atoms with Crippen LogP contribution in [-0.4, -0.2) is 51.3 Å². The van der Waals surface area contributed by atoms with Gasteiger partial charge in [-0.1, -0.05) is 36.4 Å². The van der Waals surface area contributed by atoms with Gasteiger partial charge in [0, 0.05) is 45.1 Å². The van der Waals surface area contributed by atoms with Crippen molar-refractivity contribution < 1.29 is 13.9 Å². The van der Waals surface area contributed by atoms with E-state index in [1.807, 2.05) is 70.1 Å². The highest BCUT2D eigenvalue weighted by molar-refractivity contribution is 5.91. The van der Waals surface area contributed by atoms with Crippen LogP contribution < -0.4 is 4.74 Å². The number of nitrogens with zero attached hydrogens (tertiary/aromatic N) is 4. The molecule has 176 valence electrons. The first kappa shape index (κ1) is 21.4. The van der Waals surface area contributed by atoms with Crippen LogP contribution in [0.4, 0.5) is 0 Å². The summed E-state index contributed by atoms with van der Waals surface area (Å²) in [6.07, 6.45) is 4.07. The molecule has 1 aliphatic rings. The van der Waals surface area contributed by atoms with E-state index in [1.54, 1.807) is 6.07 Å². The third-order valence-electron chi connectivity index (χ3n) is 6.43. The van der Waals surface area contributed by atoms with Crippen LogP contribution in [0.3, 0.4) is 0 Å². The predicted octanol–water partition coefficient (Wildman–Crippen LogP) is 4.62. The van der Waals surface area contributed by atoms with E-state index in [2.05, 4.69) is 28.2 Å². The first-order valence-corrected chi connectivity index (χ1v) is 11.9. The van der Waals surface area contributed by atoms with Crippen molar-refractivity contribution in [1.29, 1.82) is 0 Å². The Labute approximate surface area is 203 Å². The normalized spacial score (nSPS) is 14.6. The van der Waals surface area contributed by atoms with Crippen LogP contribution in [0, 0.1) is 0 Å². The number of fused-ring (bicyclic) bond motifs is 2. The zero-order valence-electron chi connectivity index (χ0n) is 19.3. The minimum absolute atomic E-state index is 0.0747. The van der Waals surface area contributed by atoms with Crippen LogP contribution in [0.5, 0.6) is 5.75 Å². The van der Waals surface area contributed by atoms with E-state index in [0.717, 1.165) is 42.1 Å². The van der Waals surface area contributed by atoms with E-state index >= 15 is 0 Å². The highest BCUT2D eigenvalue weighted by Gasteiger charge is 2.24.